The molecule has 0 saturated carbocycles. The molecule has 0 radical (unpaired) electrons. The predicted octanol–water partition coefficient (Wildman–Crippen LogP) is 4.68. The number of amides is 1. The maximum absolute atomic E-state index is 11.9. The molecule has 118 valence electrons. The van der Waals surface area contributed by atoms with Crippen molar-refractivity contribution >= 4 is 35.2 Å². The summed E-state index contributed by atoms with van der Waals surface area (Å²) in [6.07, 6.45) is 1.40. The van der Waals surface area contributed by atoms with Gasteiger partial charge in [-0.15, -0.1) is 0 Å². The number of carbonyl (C=O) groups is 1. The van der Waals surface area contributed by atoms with Crippen LogP contribution in [0.15, 0.2) is 40.3 Å². The Morgan fingerprint density at radius 1 is 1.26 bits per heavy atom. The van der Waals surface area contributed by atoms with Gasteiger partial charge in [0.05, 0.1) is 10.0 Å². The van der Waals surface area contributed by atoms with E-state index in [2.05, 4.69) is 5.32 Å². The van der Waals surface area contributed by atoms with Crippen LogP contribution >= 0.6 is 23.2 Å². The summed E-state index contributed by atoms with van der Waals surface area (Å²) in [6.45, 7) is 3.64. The molecule has 1 heterocycles. The van der Waals surface area contributed by atoms with E-state index in [4.69, 9.17) is 32.9 Å². The lowest BCUT2D eigenvalue weighted by Crippen LogP contribution is -2.30. The van der Waals surface area contributed by atoms with E-state index in [1.165, 1.54) is 6.08 Å². The molecule has 2 aromatic rings. The first kappa shape index (κ1) is 17.1. The van der Waals surface area contributed by atoms with E-state index in [-0.39, 0.29) is 11.6 Å². The van der Waals surface area contributed by atoms with Crippen LogP contribution in [0.5, 0.6) is 0 Å². The molecule has 0 aliphatic carbocycles. The molecule has 0 aliphatic rings. The highest BCUT2D eigenvalue weighted by Gasteiger charge is 2.12. The van der Waals surface area contributed by atoms with Gasteiger partial charge in [-0.25, -0.2) is 0 Å². The molecule has 0 atom stereocenters. The lowest BCUT2D eigenvalue weighted by Gasteiger charge is -2.06. The topological polar surface area (TPSA) is 66.0 Å². The first-order chi connectivity index (χ1) is 10.9. The number of nitriles is 1. The van der Waals surface area contributed by atoms with E-state index in [0.717, 1.165) is 5.56 Å². The summed E-state index contributed by atoms with van der Waals surface area (Å²) in [4.78, 5) is 11.9. The van der Waals surface area contributed by atoms with Gasteiger partial charge >= 0.3 is 0 Å². The minimum Gasteiger partial charge on any atom is -0.457 e. The average Bonchev–Trinajstić information content (AvgIpc) is 2.95. The van der Waals surface area contributed by atoms with Crippen LogP contribution in [0, 0.1) is 11.3 Å². The lowest BCUT2D eigenvalue weighted by molar-refractivity contribution is -0.117. The second-order valence-corrected chi connectivity index (χ2v) is 5.94. The zero-order valence-corrected chi connectivity index (χ0v) is 14.1. The minimum absolute atomic E-state index is 0.0197. The van der Waals surface area contributed by atoms with Gasteiger partial charge in [0, 0.05) is 17.7 Å². The zero-order chi connectivity index (χ0) is 17.0. The van der Waals surface area contributed by atoms with Crippen molar-refractivity contribution in [3.63, 3.8) is 0 Å². The van der Waals surface area contributed by atoms with Crippen LogP contribution < -0.4 is 5.32 Å². The van der Waals surface area contributed by atoms with Crippen LogP contribution in [0.1, 0.15) is 19.6 Å². The smallest absolute Gasteiger partial charge is 0.262 e. The first-order valence-corrected chi connectivity index (χ1v) is 7.64. The largest absolute Gasteiger partial charge is 0.457 e. The van der Waals surface area contributed by atoms with E-state index in [9.17, 15) is 4.79 Å². The van der Waals surface area contributed by atoms with Crippen LogP contribution in [0.25, 0.3) is 17.4 Å². The van der Waals surface area contributed by atoms with Gasteiger partial charge in [0.2, 0.25) is 0 Å². The fraction of sp³-hybridized carbons (Fsp3) is 0.176. The predicted molar refractivity (Wildman–Crippen MR) is 91.0 cm³/mol. The van der Waals surface area contributed by atoms with Crippen molar-refractivity contribution in [3.05, 3.63) is 51.7 Å². The number of rotatable bonds is 4. The SMILES string of the molecule is CC(C)NC(=O)/C(C#N)=C/c1ccc(-c2ccc(Cl)c(Cl)c2)o1. The number of benzene rings is 1. The molecular weight excluding hydrogens is 335 g/mol. The van der Waals surface area contributed by atoms with E-state index >= 15 is 0 Å². The van der Waals surface area contributed by atoms with Crippen LogP contribution in [0.2, 0.25) is 10.0 Å². The third-order valence-electron chi connectivity index (χ3n) is 2.90. The molecule has 1 aromatic heterocycles. The summed E-state index contributed by atoms with van der Waals surface area (Å²) in [7, 11) is 0. The molecular formula is C17H14Cl2N2O2. The van der Waals surface area contributed by atoms with Gasteiger partial charge in [0.1, 0.15) is 23.2 Å². The Balaban J connectivity index is 2.27. The Bertz CT molecular complexity index is 801. The van der Waals surface area contributed by atoms with E-state index < -0.39 is 5.91 Å². The third-order valence-corrected chi connectivity index (χ3v) is 3.64. The summed E-state index contributed by atoms with van der Waals surface area (Å²) in [5, 5.41) is 12.7. The molecule has 1 aromatic carbocycles. The fourth-order valence-corrected chi connectivity index (χ4v) is 2.16. The Labute approximate surface area is 144 Å². The molecule has 6 heteroatoms. The average molecular weight is 349 g/mol. The van der Waals surface area contributed by atoms with Crippen molar-refractivity contribution in [1.82, 2.24) is 5.32 Å². The monoisotopic (exact) mass is 348 g/mol. The highest BCUT2D eigenvalue weighted by atomic mass is 35.5. The Morgan fingerprint density at radius 3 is 2.61 bits per heavy atom. The molecule has 0 unspecified atom stereocenters. The summed E-state index contributed by atoms with van der Waals surface area (Å²) in [5.41, 5.74) is 0.734. The highest BCUT2D eigenvalue weighted by Crippen LogP contribution is 2.30. The summed E-state index contributed by atoms with van der Waals surface area (Å²) >= 11 is 11.9. The number of furan rings is 1. The van der Waals surface area contributed by atoms with Crippen molar-refractivity contribution in [3.8, 4) is 17.4 Å². The van der Waals surface area contributed by atoms with Gasteiger partial charge in [-0.1, -0.05) is 23.2 Å². The van der Waals surface area contributed by atoms with Gasteiger partial charge in [-0.05, 0) is 44.2 Å². The molecule has 0 aliphatic heterocycles. The summed E-state index contributed by atoms with van der Waals surface area (Å²) < 4.78 is 5.64. The van der Waals surface area contributed by atoms with Crippen LogP contribution in [-0.2, 0) is 4.79 Å². The molecule has 1 N–H and O–H groups in total. The molecule has 0 bridgehead atoms. The number of hydrogen-bond acceptors (Lipinski definition) is 3. The number of halogens is 2. The van der Waals surface area contributed by atoms with Gasteiger partial charge < -0.3 is 9.73 Å². The summed E-state index contributed by atoms with van der Waals surface area (Å²) in [5.74, 6) is 0.535. The quantitative estimate of drug-likeness (QED) is 0.643. The third kappa shape index (κ3) is 4.38. The molecule has 23 heavy (non-hydrogen) atoms. The second-order valence-electron chi connectivity index (χ2n) is 5.13. The second kappa shape index (κ2) is 7.36. The van der Waals surface area contributed by atoms with Crippen LogP contribution in [0.4, 0.5) is 0 Å². The van der Waals surface area contributed by atoms with E-state index in [1.807, 2.05) is 19.9 Å². The molecule has 0 spiro atoms. The van der Waals surface area contributed by atoms with Crippen molar-refractivity contribution in [2.75, 3.05) is 0 Å². The maximum atomic E-state index is 11.9. The van der Waals surface area contributed by atoms with Gasteiger partial charge in [-0.2, -0.15) is 5.26 Å². The zero-order valence-electron chi connectivity index (χ0n) is 12.6. The van der Waals surface area contributed by atoms with Gasteiger partial charge in [0.15, 0.2) is 0 Å². The Morgan fingerprint density at radius 2 is 2.00 bits per heavy atom. The minimum atomic E-state index is -0.435. The summed E-state index contributed by atoms with van der Waals surface area (Å²) in [6, 6.07) is 10.4. The number of nitrogens with one attached hydrogen (secondary N) is 1. The number of carbonyl (C=O) groups excluding carboxylic acids is 1. The highest BCUT2D eigenvalue weighted by molar-refractivity contribution is 6.42. The number of hydrogen-bond donors (Lipinski definition) is 1. The molecule has 4 nitrogen and oxygen atoms in total. The molecule has 0 saturated heterocycles. The van der Waals surface area contributed by atoms with Gasteiger partial charge in [-0.3, -0.25) is 4.79 Å². The van der Waals surface area contributed by atoms with E-state index in [1.54, 1.807) is 30.3 Å². The standard InChI is InChI=1S/C17H14Cl2N2O2/c1-10(2)21-17(22)12(9-20)7-13-4-6-16(23-13)11-3-5-14(18)15(19)8-11/h3-8,10H,1-2H3,(H,21,22)/b12-7+. The number of nitrogens with zero attached hydrogens (tertiary/aromatic N) is 1. The van der Waals surface area contributed by atoms with Crippen molar-refractivity contribution in [2.24, 2.45) is 0 Å². The maximum Gasteiger partial charge on any atom is 0.262 e. The Hall–Kier alpha value is -2.22. The van der Waals surface area contributed by atoms with Crippen molar-refractivity contribution in [1.29, 1.82) is 5.26 Å². The van der Waals surface area contributed by atoms with Crippen molar-refractivity contribution < 1.29 is 9.21 Å². The van der Waals surface area contributed by atoms with E-state index in [0.29, 0.717) is 21.6 Å². The van der Waals surface area contributed by atoms with Crippen LogP contribution in [0.3, 0.4) is 0 Å². The normalized spacial score (nSPS) is 11.4. The molecule has 1 amide bonds. The fourth-order valence-electron chi connectivity index (χ4n) is 1.87. The van der Waals surface area contributed by atoms with Crippen LogP contribution in [-0.4, -0.2) is 11.9 Å². The first-order valence-electron chi connectivity index (χ1n) is 6.88. The van der Waals surface area contributed by atoms with Crippen molar-refractivity contribution in [2.45, 2.75) is 19.9 Å². The lowest BCUT2D eigenvalue weighted by atomic mass is 10.2. The Kier molecular flexibility index (Phi) is 5.49. The molecule has 2 rings (SSSR count). The molecule has 0 fully saturated rings. The van der Waals surface area contributed by atoms with Gasteiger partial charge in [0.25, 0.3) is 5.91 Å².